The van der Waals surface area contributed by atoms with Crippen LogP contribution in [0.15, 0.2) is 36.4 Å². The second-order valence-electron chi connectivity index (χ2n) is 11.0. The summed E-state index contributed by atoms with van der Waals surface area (Å²) in [7, 11) is 0. The van der Waals surface area contributed by atoms with E-state index >= 15 is 0 Å². The van der Waals surface area contributed by atoms with Gasteiger partial charge in [0.05, 0.1) is 6.10 Å². The molecule has 0 fully saturated rings. The molecule has 0 aliphatic rings. The summed E-state index contributed by atoms with van der Waals surface area (Å²) in [5.41, 5.74) is 7.81. The standard InChI is InChI=1S/C32H49N3O9S/c1-2-3-4-5-6-10-22-11-7-12-23(19-22)13-8-15-27(26(36)14-9-16-29(38)39)45-21-25(31(42)34-20-30(40)41)35-28(37)18-17-24(33)32(43)44/h7-8,11-12,15,19,24-27,36H,2-6,9-10,13-14,16-18,20-21,33H2,1H3,(H,34,42)(H,35,37)(H,38,39)(H,40,41)(H,43,44)/b15-8+/t24?,25?,26-,27+/m1/s1. The lowest BCUT2D eigenvalue weighted by Gasteiger charge is -2.23. The van der Waals surface area contributed by atoms with Gasteiger partial charge in [0.25, 0.3) is 0 Å². The van der Waals surface area contributed by atoms with Crippen molar-refractivity contribution in [2.75, 3.05) is 12.3 Å². The highest BCUT2D eigenvalue weighted by Crippen LogP contribution is 2.22. The maximum absolute atomic E-state index is 12.7. The van der Waals surface area contributed by atoms with E-state index in [1.807, 2.05) is 18.2 Å². The number of nitrogens with one attached hydrogen (secondary N) is 2. The number of hydrogen-bond acceptors (Lipinski definition) is 8. The molecule has 0 aromatic heterocycles. The molecular weight excluding hydrogens is 602 g/mol. The van der Waals surface area contributed by atoms with E-state index < -0.39 is 59.7 Å². The normalized spacial score (nSPS) is 13.9. The minimum absolute atomic E-state index is 0.0410. The smallest absolute Gasteiger partial charge is 0.322 e. The number of unbranched alkanes of at least 4 members (excludes halogenated alkanes) is 4. The van der Waals surface area contributed by atoms with E-state index in [1.165, 1.54) is 31.2 Å². The van der Waals surface area contributed by atoms with Crippen molar-refractivity contribution in [1.82, 2.24) is 10.6 Å². The predicted molar refractivity (Wildman–Crippen MR) is 173 cm³/mol. The molecule has 4 atom stereocenters. The van der Waals surface area contributed by atoms with Gasteiger partial charge < -0.3 is 36.8 Å². The van der Waals surface area contributed by atoms with E-state index in [2.05, 4.69) is 29.7 Å². The van der Waals surface area contributed by atoms with Crippen molar-refractivity contribution in [2.24, 2.45) is 5.73 Å². The van der Waals surface area contributed by atoms with Crippen LogP contribution >= 0.6 is 11.8 Å². The third kappa shape index (κ3) is 18.9. The Kier molecular flexibility index (Phi) is 20.2. The summed E-state index contributed by atoms with van der Waals surface area (Å²) in [6.07, 6.45) is 10.2. The highest BCUT2D eigenvalue weighted by molar-refractivity contribution is 8.00. The first-order chi connectivity index (χ1) is 21.4. The largest absolute Gasteiger partial charge is 0.481 e. The molecular formula is C32H49N3O9S. The molecule has 45 heavy (non-hydrogen) atoms. The van der Waals surface area contributed by atoms with Crippen LogP contribution < -0.4 is 16.4 Å². The minimum atomic E-state index is -1.27. The highest BCUT2D eigenvalue weighted by atomic mass is 32.2. The topological polar surface area (TPSA) is 216 Å². The van der Waals surface area contributed by atoms with E-state index in [-0.39, 0.29) is 37.9 Å². The molecule has 0 saturated heterocycles. The fourth-order valence-electron chi connectivity index (χ4n) is 4.46. The Bertz CT molecular complexity index is 1120. The number of carboxylic acid groups (broad SMARTS) is 3. The van der Waals surface area contributed by atoms with Gasteiger partial charge in [-0.25, -0.2) is 0 Å². The monoisotopic (exact) mass is 651 g/mol. The molecule has 1 aromatic carbocycles. The number of thioether (sulfide) groups is 1. The lowest BCUT2D eigenvalue weighted by Crippen LogP contribution is -2.50. The molecule has 0 bridgehead atoms. The number of aliphatic hydroxyl groups excluding tert-OH is 1. The molecule has 0 radical (unpaired) electrons. The van der Waals surface area contributed by atoms with Crippen LogP contribution in [0.3, 0.4) is 0 Å². The maximum Gasteiger partial charge on any atom is 0.322 e. The van der Waals surface area contributed by atoms with E-state index in [1.54, 1.807) is 6.08 Å². The third-order valence-electron chi connectivity index (χ3n) is 7.03. The number of rotatable bonds is 25. The first-order valence-electron chi connectivity index (χ1n) is 15.5. The average molecular weight is 652 g/mol. The summed E-state index contributed by atoms with van der Waals surface area (Å²) < 4.78 is 0. The summed E-state index contributed by atoms with van der Waals surface area (Å²) in [5, 5.41) is 42.0. The molecule has 0 heterocycles. The number of benzene rings is 1. The van der Waals surface area contributed by atoms with Crippen molar-refractivity contribution in [1.29, 1.82) is 0 Å². The van der Waals surface area contributed by atoms with E-state index in [0.29, 0.717) is 6.42 Å². The fourth-order valence-corrected chi connectivity index (χ4v) is 5.69. The number of aliphatic hydroxyl groups is 1. The molecule has 2 amide bonds. The van der Waals surface area contributed by atoms with Gasteiger partial charge in [0.1, 0.15) is 18.6 Å². The number of aryl methyl sites for hydroxylation is 1. The summed E-state index contributed by atoms with van der Waals surface area (Å²) in [6.45, 7) is 1.52. The molecule has 13 heteroatoms. The number of carboxylic acids is 3. The van der Waals surface area contributed by atoms with Crippen LogP contribution in [-0.4, -0.2) is 85.9 Å². The second-order valence-corrected chi connectivity index (χ2v) is 12.2. The van der Waals surface area contributed by atoms with Crippen molar-refractivity contribution >= 4 is 41.5 Å². The molecule has 252 valence electrons. The van der Waals surface area contributed by atoms with Crippen molar-refractivity contribution in [2.45, 2.75) is 107 Å². The first-order valence-corrected chi connectivity index (χ1v) is 16.5. The van der Waals surface area contributed by atoms with Crippen molar-refractivity contribution < 1.29 is 44.4 Å². The first kappa shape index (κ1) is 39.6. The van der Waals surface area contributed by atoms with Crippen molar-refractivity contribution in [3.63, 3.8) is 0 Å². The van der Waals surface area contributed by atoms with Gasteiger partial charge in [0.2, 0.25) is 11.8 Å². The van der Waals surface area contributed by atoms with Gasteiger partial charge in [-0.1, -0.05) is 69.0 Å². The Hall–Kier alpha value is -3.42. The summed E-state index contributed by atoms with van der Waals surface area (Å²) in [6, 6.07) is 5.86. The SMILES string of the molecule is CCCCCCCc1cccc(C/C=C/[C@H](SCC(NC(=O)CCC(N)C(=O)O)C(=O)NCC(=O)O)[C@H](O)CCCC(=O)O)c1. The van der Waals surface area contributed by atoms with Gasteiger partial charge in [-0.15, -0.1) is 11.8 Å². The number of carbonyl (C=O) groups excluding carboxylic acids is 2. The van der Waals surface area contributed by atoms with Gasteiger partial charge in [-0.3, -0.25) is 24.0 Å². The number of nitrogens with two attached hydrogens (primary N) is 1. The number of carbonyl (C=O) groups is 5. The predicted octanol–water partition coefficient (Wildman–Crippen LogP) is 2.89. The van der Waals surface area contributed by atoms with Crippen molar-refractivity contribution in [3.05, 3.63) is 47.5 Å². The Balaban J connectivity index is 2.97. The van der Waals surface area contributed by atoms with E-state index in [4.69, 9.17) is 21.1 Å². The molecule has 0 aliphatic carbocycles. The lowest BCUT2D eigenvalue weighted by molar-refractivity contribution is -0.139. The molecule has 0 spiro atoms. The van der Waals surface area contributed by atoms with E-state index in [9.17, 15) is 29.1 Å². The summed E-state index contributed by atoms with van der Waals surface area (Å²) >= 11 is 1.16. The van der Waals surface area contributed by atoms with Crippen LogP contribution in [0.5, 0.6) is 0 Å². The van der Waals surface area contributed by atoms with Crippen LogP contribution in [0.1, 0.15) is 82.3 Å². The minimum Gasteiger partial charge on any atom is -0.481 e. The van der Waals surface area contributed by atoms with Crippen molar-refractivity contribution in [3.8, 4) is 0 Å². The summed E-state index contributed by atoms with van der Waals surface area (Å²) in [5.74, 6) is -4.95. The molecule has 1 rings (SSSR count). The Morgan fingerprint density at radius 2 is 1.64 bits per heavy atom. The number of allylic oxidation sites excluding steroid dienone is 1. The Morgan fingerprint density at radius 3 is 2.31 bits per heavy atom. The van der Waals surface area contributed by atoms with Crippen LogP contribution in [0.2, 0.25) is 0 Å². The zero-order valence-electron chi connectivity index (χ0n) is 26.0. The van der Waals surface area contributed by atoms with Gasteiger partial charge in [-0.05, 0) is 49.7 Å². The average Bonchev–Trinajstić information content (AvgIpc) is 2.99. The second kappa shape index (κ2) is 23.0. The van der Waals surface area contributed by atoms with Gasteiger partial charge in [0, 0.05) is 23.8 Å². The van der Waals surface area contributed by atoms with Gasteiger partial charge >= 0.3 is 17.9 Å². The van der Waals surface area contributed by atoms with Crippen LogP contribution in [-0.2, 0) is 36.8 Å². The molecule has 2 unspecified atom stereocenters. The molecule has 0 saturated carbocycles. The quantitative estimate of drug-likeness (QED) is 0.0602. The number of amides is 2. The van der Waals surface area contributed by atoms with E-state index in [0.717, 1.165) is 30.2 Å². The van der Waals surface area contributed by atoms with Crippen LogP contribution in [0.4, 0.5) is 0 Å². The molecule has 1 aromatic rings. The summed E-state index contributed by atoms with van der Waals surface area (Å²) in [4.78, 5) is 58.2. The molecule has 0 aliphatic heterocycles. The van der Waals surface area contributed by atoms with Crippen LogP contribution in [0.25, 0.3) is 0 Å². The number of aliphatic carboxylic acids is 3. The number of hydrogen-bond donors (Lipinski definition) is 7. The Morgan fingerprint density at radius 1 is 0.933 bits per heavy atom. The lowest BCUT2D eigenvalue weighted by atomic mass is 10.0. The molecule has 12 nitrogen and oxygen atoms in total. The third-order valence-corrected chi connectivity index (χ3v) is 8.41. The zero-order chi connectivity index (χ0) is 33.6. The zero-order valence-corrected chi connectivity index (χ0v) is 26.8. The van der Waals surface area contributed by atoms with Crippen LogP contribution in [0, 0.1) is 0 Å². The fraction of sp³-hybridized carbons (Fsp3) is 0.594. The maximum atomic E-state index is 12.7. The van der Waals surface area contributed by atoms with Gasteiger partial charge in [0.15, 0.2) is 0 Å². The molecule has 8 N–H and O–H groups in total. The highest BCUT2D eigenvalue weighted by Gasteiger charge is 2.26. The Labute approximate surface area is 269 Å². The van der Waals surface area contributed by atoms with Gasteiger partial charge in [-0.2, -0.15) is 0 Å².